The van der Waals surface area contributed by atoms with E-state index >= 15 is 0 Å². The Kier molecular flexibility index (Phi) is 8.26. The maximum atomic E-state index is 11.6. The van der Waals surface area contributed by atoms with Crippen molar-refractivity contribution in [3.05, 3.63) is 0 Å². The minimum Gasteiger partial charge on any atom is -0.449 e. The van der Waals surface area contributed by atoms with E-state index in [1.54, 1.807) is 7.11 Å². The molecular formula is C11H20N2O3. The van der Waals surface area contributed by atoms with E-state index in [1.807, 2.05) is 19.9 Å². The molecule has 0 spiro atoms. The van der Waals surface area contributed by atoms with Gasteiger partial charge in [-0.05, 0) is 5.92 Å². The molecule has 92 valence electrons. The molecular weight excluding hydrogens is 208 g/mol. The molecule has 0 aliphatic carbocycles. The minimum absolute atomic E-state index is 0.306. The lowest BCUT2D eigenvalue weighted by Crippen LogP contribution is -2.35. The smallest absolute Gasteiger partial charge is 0.409 e. The zero-order chi connectivity index (χ0) is 12.4. The highest BCUT2D eigenvalue weighted by Crippen LogP contribution is 2.00. The Labute approximate surface area is 96.9 Å². The zero-order valence-corrected chi connectivity index (χ0v) is 10.2. The highest BCUT2D eigenvalue weighted by Gasteiger charge is 2.14. The fourth-order valence-electron chi connectivity index (χ4n) is 1.01. The molecule has 0 aromatic carbocycles. The number of carbonyl (C=O) groups excluding carboxylic acids is 1. The van der Waals surface area contributed by atoms with E-state index in [0.29, 0.717) is 38.6 Å². The number of hydrogen-bond acceptors (Lipinski definition) is 4. The lowest BCUT2D eigenvalue weighted by atomic mass is 10.2. The molecule has 0 rings (SSSR count). The molecule has 0 aromatic heterocycles. The second kappa shape index (κ2) is 8.98. The first-order chi connectivity index (χ1) is 7.61. The molecule has 0 heterocycles. The van der Waals surface area contributed by atoms with Gasteiger partial charge in [-0.15, -0.1) is 0 Å². The van der Waals surface area contributed by atoms with Crippen LogP contribution in [0, 0.1) is 17.2 Å². The average molecular weight is 228 g/mol. The normalized spacial score (nSPS) is 9.94. The van der Waals surface area contributed by atoms with Crippen molar-refractivity contribution in [3.63, 3.8) is 0 Å². The second-order valence-corrected chi connectivity index (χ2v) is 3.86. The van der Waals surface area contributed by atoms with Crippen LogP contribution in [0.3, 0.4) is 0 Å². The van der Waals surface area contributed by atoms with E-state index in [1.165, 1.54) is 4.90 Å². The van der Waals surface area contributed by atoms with Gasteiger partial charge in [-0.25, -0.2) is 4.79 Å². The third kappa shape index (κ3) is 7.07. The quantitative estimate of drug-likeness (QED) is 0.664. The van der Waals surface area contributed by atoms with E-state index in [4.69, 9.17) is 14.7 Å². The summed E-state index contributed by atoms with van der Waals surface area (Å²) in [5.41, 5.74) is 0. The van der Waals surface area contributed by atoms with Gasteiger partial charge in [0.15, 0.2) is 0 Å². The highest BCUT2D eigenvalue weighted by atomic mass is 16.6. The first kappa shape index (κ1) is 14.7. The summed E-state index contributed by atoms with van der Waals surface area (Å²) < 4.78 is 9.98. The molecule has 0 atom stereocenters. The molecule has 0 aromatic rings. The van der Waals surface area contributed by atoms with Gasteiger partial charge in [0.1, 0.15) is 0 Å². The number of nitriles is 1. The molecule has 1 amide bonds. The van der Waals surface area contributed by atoms with Gasteiger partial charge in [0.25, 0.3) is 0 Å². The van der Waals surface area contributed by atoms with Crippen molar-refractivity contribution < 1.29 is 14.3 Å². The summed E-state index contributed by atoms with van der Waals surface area (Å²) in [5, 5.41) is 8.48. The summed E-state index contributed by atoms with van der Waals surface area (Å²) >= 11 is 0. The number of rotatable bonds is 7. The lowest BCUT2D eigenvalue weighted by Gasteiger charge is -2.21. The van der Waals surface area contributed by atoms with Crippen molar-refractivity contribution >= 4 is 6.09 Å². The van der Waals surface area contributed by atoms with Crippen molar-refractivity contribution in [2.75, 3.05) is 33.4 Å². The standard InChI is InChI=1S/C11H20N2O3/c1-10(2)9-16-11(14)13(6-4-5-12)7-8-15-3/h10H,4,6-9H2,1-3H3. The summed E-state index contributed by atoms with van der Waals surface area (Å²) in [7, 11) is 1.57. The molecule has 0 aliphatic rings. The molecule has 16 heavy (non-hydrogen) atoms. The zero-order valence-electron chi connectivity index (χ0n) is 10.2. The summed E-state index contributed by atoms with van der Waals surface area (Å²) in [5.74, 6) is 0.309. The van der Waals surface area contributed by atoms with Gasteiger partial charge in [-0.3, -0.25) is 0 Å². The van der Waals surface area contributed by atoms with Crippen LogP contribution < -0.4 is 0 Å². The minimum atomic E-state index is -0.374. The van der Waals surface area contributed by atoms with Gasteiger partial charge in [-0.2, -0.15) is 5.26 Å². The number of amides is 1. The van der Waals surface area contributed by atoms with Crippen LogP contribution in [-0.4, -0.2) is 44.4 Å². The molecule has 0 N–H and O–H groups in total. The molecule has 0 aliphatic heterocycles. The molecule has 0 bridgehead atoms. The van der Waals surface area contributed by atoms with Crippen LogP contribution in [0.15, 0.2) is 0 Å². The Morgan fingerprint density at radius 2 is 2.12 bits per heavy atom. The van der Waals surface area contributed by atoms with Crippen LogP contribution in [-0.2, 0) is 9.47 Å². The maximum Gasteiger partial charge on any atom is 0.409 e. The summed E-state index contributed by atoms with van der Waals surface area (Å²) in [6.07, 6.45) is -0.0680. The largest absolute Gasteiger partial charge is 0.449 e. The number of hydrogen-bond donors (Lipinski definition) is 0. The third-order valence-electron chi connectivity index (χ3n) is 1.86. The molecule has 5 nitrogen and oxygen atoms in total. The van der Waals surface area contributed by atoms with Crippen molar-refractivity contribution in [1.29, 1.82) is 5.26 Å². The first-order valence-corrected chi connectivity index (χ1v) is 5.39. The van der Waals surface area contributed by atoms with Crippen molar-refractivity contribution in [2.45, 2.75) is 20.3 Å². The monoisotopic (exact) mass is 228 g/mol. The molecule has 0 unspecified atom stereocenters. The summed E-state index contributed by atoms with van der Waals surface area (Å²) in [6, 6.07) is 2.00. The van der Waals surface area contributed by atoms with Crippen molar-refractivity contribution in [1.82, 2.24) is 4.90 Å². The third-order valence-corrected chi connectivity index (χ3v) is 1.86. The molecule has 0 radical (unpaired) electrons. The predicted molar refractivity (Wildman–Crippen MR) is 59.9 cm³/mol. The van der Waals surface area contributed by atoms with Gasteiger partial charge in [0.2, 0.25) is 0 Å². The fraction of sp³-hybridized carbons (Fsp3) is 0.818. The van der Waals surface area contributed by atoms with Crippen LogP contribution in [0.5, 0.6) is 0 Å². The van der Waals surface area contributed by atoms with Crippen LogP contribution in [0.1, 0.15) is 20.3 Å². The van der Waals surface area contributed by atoms with Crippen LogP contribution in [0.25, 0.3) is 0 Å². The van der Waals surface area contributed by atoms with Gasteiger partial charge in [-0.1, -0.05) is 13.8 Å². The van der Waals surface area contributed by atoms with E-state index in [9.17, 15) is 4.79 Å². The Hall–Kier alpha value is -1.28. The van der Waals surface area contributed by atoms with Crippen LogP contribution in [0.2, 0.25) is 0 Å². The molecule has 0 saturated heterocycles. The van der Waals surface area contributed by atoms with E-state index in [0.717, 1.165) is 0 Å². The summed E-state index contributed by atoms with van der Waals surface area (Å²) in [6.45, 7) is 5.63. The topological polar surface area (TPSA) is 62.6 Å². The van der Waals surface area contributed by atoms with Gasteiger partial charge >= 0.3 is 6.09 Å². The Balaban J connectivity index is 4.04. The Morgan fingerprint density at radius 1 is 1.44 bits per heavy atom. The van der Waals surface area contributed by atoms with E-state index in [-0.39, 0.29) is 6.09 Å². The highest BCUT2D eigenvalue weighted by molar-refractivity contribution is 5.67. The predicted octanol–water partition coefficient (Wildman–Crippen LogP) is 1.64. The molecule has 0 saturated carbocycles. The van der Waals surface area contributed by atoms with E-state index in [2.05, 4.69) is 0 Å². The first-order valence-electron chi connectivity index (χ1n) is 5.39. The van der Waals surface area contributed by atoms with Crippen LogP contribution >= 0.6 is 0 Å². The van der Waals surface area contributed by atoms with Crippen molar-refractivity contribution in [3.8, 4) is 6.07 Å². The van der Waals surface area contributed by atoms with Gasteiger partial charge in [0, 0.05) is 20.2 Å². The number of methoxy groups -OCH3 is 1. The van der Waals surface area contributed by atoms with Crippen LogP contribution in [0.4, 0.5) is 4.79 Å². The lowest BCUT2D eigenvalue weighted by molar-refractivity contribution is 0.0801. The summed E-state index contributed by atoms with van der Waals surface area (Å²) in [4.78, 5) is 13.1. The van der Waals surface area contributed by atoms with Gasteiger partial charge < -0.3 is 14.4 Å². The Morgan fingerprint density at radius 3 is 2.62 bits per heavy atom. The Bertz CT molecular complexity index is 236. The number of carbonyl (C=O) groups is 1. The average Bonchev–Trinajstić information content (AvgIpc) is 2.26. The number of nitrogens with zero attached hydrogens (tertiary/aromatic N) is 2. The van der Waals surface area contributed by atoms with Gasteiger partial charge in [0.05, 0.1) is 25.7 Å². The van der Waals surface area contributed by atoms with E-state index < -0.39 is 0 Å². The number of ether oxygens (including phenoxy) is 2. The molecule has 0 fully saturated rings. The fourth-order valence-corrected chi connectivity index (χ4v) is 1.01. The SMILES string of the molecule is COCCN(CCC#N)C(=O)OCC(C)C. The molecule has 5 heteroatoms. The second-order valence-electron chi connectivity index (χ2n) is 3.86. The van der Waals surface area contributed by atoms with Crippen molar-refractivity contribution in [2.24, 2.45) is 5.92 Å². The maximum absolute atomic E-state index is 11.6.